The second kappa shape index (κ2) is 7.24. The van der Waals surface area contributed by atoms with Gasteiger partial charge in [0.1, 0.15) is 5.82 Å². The summed E-state index contributed by atoms with van der Waals surface area (Å²) in [5.41, 5.74) is 6.66. The quantitative estimate of drug-likeness (QED) is 0.843. The lowest BCUT2D eigenvalue weighted by atomic mass is 10.1. The zero-order valence-electron chi connectivity index (χ0n) is 12.6. The van der Waals surface area contributed by atoms with Gasteiger partial charge in [0.2, 0.25) is 5.91 Å². The number of carbonyl (C=O) groups is 1. The van der Waals surface area contributed by atoms with Crippen LogP contribution in [0, 0.1) is 5.82 Å². The van der Waals surface area contributed by atoms with Crippen LogP contribution < -0.4 is 16.0 Å². The Hall–Kier alpha value is -1.62. The van der Waals surface area contributed by atoms with E-state index in [4.69, 9.17) is 5.73 Å². The first-order valence-corrected chi connectivity index (χ1v) is 6.95. The van der Waals surface area contributed by atoms with Crippen molar-refractivity contribution in [1.29, 1.82) is 0 Å². The van der Waals surface area contributed by atoms with E-state index in [1.54, 1.807) is 12.1 Å². The van der Waals surface area contributed by atoms with Crippen molar-refractivity contribution in [2.75, 3.05) is 17.3 Å². The molecule has 0 bridgehead atoms. The summed E-state index contributed by atoms with van der Waals surface area (Å²) in [4.78, 5) is 13.6. The van der Waals surface area contributed by atoms with Gasteiger partial charge in [0.25, 0.3) is 0 Å². The first-order chi connectivity index (χ1) is 9.36. The van der Waals surface area contributed by atoms with E-state index >= 15 is 0 Å². The molecule has 0 aliphatic carbocycles. The van der Waals surface area contributed by atoms with Gasteiger partial charge in [-0.2, -0.15) is 0 Å². The number of rotatable bonds is 6. The summed E-state index contributed by atoms with van der Waals surface area (Å²) < 4.78 is 14.0. The summed E-state index contributed by atoms with van der Waals surface area (Å²) in [6.45, 7) is 5.93. The molecular formula is C15H24FN3O. The first kappa shape index (κ1) is 16.4. The van der Waals surface area contributed by atoms with Gasteiger partial charge in [0.05, 0.1) is 11.7 Å². The topological polar surface area (TPSA) is 58.4 Å². The minimum Gasteiger partial charge on any atom is -0.370 e. The number of hydrogen-bond donors (Lipinski definition) is 2. The Morgan fingerprint density at radius 3 is 2.60 bits per heavy atom. The Morgan fingerprint density at radius 1 is 1.45 bits per heavy atom. The van der Waals surface area contributed by atoms with E-state index in [0.717, 1.165) is 6.42 Å². The average molecular weight is 281 g/mol. The molecule has 0 spiro atoms. The maximum Gasteiger partial charge on any atom is 0.241 e. The maximum atomic E-state index is 14.0. The molecule has 0 aliphatic heterocycles. The van der Waals surface area contributed by atoms with Crippen molar-refractivity contribution in [1.82, 2.24) is 0 Å². The zero-order valence-corrected chi connectivity index (χ0v) is 12.6. The van der Waals surface area contributed by atoms with Crippen molar-refractivity contribution in [3.05, 3.63) is 24.0 Å². The highest BCUT2D eigenvalue weighted by Gasteiger charge is 2.15. The molecule has 3 N–H and O–H groups in total. The van der Waals surface area contributed by atoms with Crippen LogP contribution in [0.15, 0.2) is 18.2 Å². The number of halogens is 1. The molecule has 0 fully saturated rings. The third-order valence-corrected chi connectivity index (χ3v) is 3.31. The highest BCUT2D eigenvalue weighted by Crippen LogP contribution is 2.23. The molecule has 0 unspecified atom stereocenters. The molecular weight excluding hydrogens is 257 g/mol. The van der Waals surface area contributed by atoms with Gasteiger partial charge in [-0.1, -0.05) is 13.3 Å². The van der Waals surface area contributed by atoms with Crippen molar-refractivity contribution >= 4 is 17.3 Å². The molecule has 0 saturated heterocycles. The van der Waals surface area contributed by atoms with Crippen molar-refractivity contribution in [2.45, 2.75) is 45.7 Å². The Bertz CT molecular complexity index is 462. The average Bonchev–Trinajstić information content (AvgIpc) is 2.38. The zero-order chi connectivity index (χ0) is 15.3. The number of nitrogens with two attached hydrogens (primary N) is 1. The lowest BCUT2D eigenvalue weighted by Gasteiger charge is -2.24. The summed E-state index contributed by atoms with van der Waals surface area (Å²) >= 11 is 0. The van der Waals surface area contributed by atoms with Gasteiger partial charge < -0.3 is 16.0 Å². The fraction of sp³-hybridized carbons (Fsp3) is 0.533. The molecule has 0 aromatic heterocycles. The predicted octanol–water partition coefficient (Wildman–Crippen LogP) is 2.74. The highest BCUT2D eigenvalue weighted by atomic mass is 19.1. The fourth-order valence-corrected chi connectivity index (χ4v) is 1.83. The van der Waals surface area contributed by atoms with Gasteiger partial charge in [-0.05, 0) is 38.5 Å². The standard InChI is InChI=1S/C15H24FN3O/c1-5-6-13(17)15(20)18-11-7-8-14(12(16)9-11)19(4)10(2)3/h7-10,13H,5-6,17H2,1-4H3,(H,18,20)/t13-/m0/s1. The van der Waals surface area contributed by atoms with Crippen LogP contribution in [0.25, 0.3) is 0 Å². The number of nitrogens with one attached hydrogen (secondary N) is 1. The lowest BCUT2D eigenvalue weighted by Crippen LogP contribution is -2.35. The summed E-state index contributed by atoms with van der Waals surface area (Å²) in [7, 11) is 1.83. The monoisotopic (exact) mass is 281 g/mol. The molecule has 1 aromatic carbocycles. The first-order valence-electron chi connectivity index (χ1n) is 6.95. The number of amides is 1. The van der Waals surface area contributed by atoms with Crippen LogP contribution in [-0.4, -0.2) is 25.0 Å². The van der Waals surface area contributed by atoms with Gasteiger partial charge in [-0.3, -0.25) is 4.79 Å². The Labute approximate surface area is 120 Å². The van der Waals surface area contributed by atoms with Gasteiger partial charge in [0.15, 0.2) is 0 Å². The highest BCUT2D eigenvalue weighted by molar-refractivity contribution is 5.94. The van der Waals surface area contributed by atoms with Gasteiger partial charge in [-0.25, -0.2) is 4.39 Å². The molecule has 0 heterocycles. The molecule has 1 atom stereocenters. The van der Waals surface area contributed by atoms with Crippen LogP contribution in [0.2, 0.25) is 0 Å². The summed E-state index contributed by atoms with van der Waals surface area (Å²) in [5.74, 6) is -0.640. The van der Waals surface area contributed by atoms with Crippen LogP contribution in [0.5, 0.6) is 0 Å². The van der Waals surface area contributed by atoms with Crippen LogP contribution in [0.3, 0.4) is 0 Å². The van der Waals surface area contributed by atoms with E-state index in [1.807, 2.05) is 32.7 Å². The minimum absolute atomic E-state index is 0.197. The molecule has 112 valence electrons. The van der Waals surface area contributed by atoms with Crippen LogP contribution in [0.1, 0.15) is 33.6 Å². The number of benzene rings is 1. The normalized spacial score (nSPS) is 12.3. The van der Waals surface area contributed by atoms with Crippen molar-refractivity contribution < 1.29 is 9.18 Å². The molecule has 1 aromatic rings. The van der Waals surface area contributed by atoms with E-state index in [-0.39, 0.29) is 17.8 Å². The number of anilines is 2. The third-order valence-electron chi connectivity index (χ3n) is 3.31. The van der Waals surface area contributed by atoms with Crippen LogP contribution in [0.4, 0.5) is 15.8 Å². The number of hydrogen-bond acceptors (Lipinski definition) is 3. The van der Waals surface area contributed by atoms with Gasteiger partial charge in [-0.15, -0.1) is 0 Å². The van der Waals surface area contributed by atoms with E-state index < -0.39 is 6.04 Å². The summed E-state index contributed by atoms with van der Waals surface area (Å²) in [6, 6.07) is 4.32. The molecule has 5 heteroatoms. The third kappa shape index (κ3) is 4.20. The summed E-state index contributed by atoms with van der Waals surface area (Å²) in [5, 5.41) is 2.64. The number of carbonyl (C=O) groups excluding carboxylic acids is 1. The fourth-order valence-electron chi connectivity index (χ4n) is 1.83. The maximum absolute atomic E-state index is 14.0. The smallest absolute Gasteiger partial charge is 0.241 e. The second-order valence-corrected chi connectivity index (χ2v) is 5.26. The lowest BCUT2D eigenvalue weighted by molar-refractivity contribution is -0.117. The van der Waals surface area contributed by atoms with Crippen LogP contribution in [-0.2, 0) is 4.79 Å². The van der Waals surface area contributed by atoms with Gasteiger partial charge in [0, 0.05) is 18.8 Å². The van der Waals surface area contributed by atoms with E-state index in [2.05, 4.69) is 5.32 Å². The van der Waals surface area contributed by atoms with Crippen molar-refractivity contribution in [3.63, 3.8) is 0 Å². The SMILES string of the molecule is CCC[C@H](N)C(=O)Nc1ccc(N(C)C(C)C)c(F)c1. The molecule has 0 aliphatic rings. The van der Waals surface area contributed by atoms with E-state index in [9.17, 15) is 9.18 Å². The Kier molecular flexibility index (Phi) is 5.95. The largest absolute Gasteiger partial charge is 0.370 e. The predicted molar refractivity (Wildman–Crippen MR) is 81.5 cm³/mol. The van der Waals surface area contributed by atoms with Crippen molar-refractivity contribution in [2.24, 2.45) is 5.73 Å². The van der Waals surface area contributed by atoms with Crippen LogP contribution >= 0.6 is 0 Å². The van der Waals surface area contributed by atoms with Gasteiger partial charge >= 0.3 is 0 Å². The molecule has 20 heavy (non-hydrogen) atoms. The Balaban J connectivity index is 2.80. The second-order valence-electron chi connectivity index (χ2n) is 5.26. The Morgan fingerprint density at radius 2 is 2.10 bits per heavy atom. The molecule has 0 saturated carbocycles. The molecule has 0 radical (unpaired) electrons. The van der Waals surface area contributed by atoms with E-state index in [0.29, 0.717) is 17.8 Å². The minimum atomic E-state index is -0.555. The van der Waals surface area contributed by atoms with Crippen molar-refractivity contribution in [3.8, 4) is 0 Å². The molecule has 1 amide bonds. The van der Waals surface area contributed by atoms with E-state index in [1.165, 1.54) is 6.07 Å². The summed E-state index contributed by atoms with van der Waals surface area (Å²) in [6.07, 6.45) is 1.45. The molecule has 4 nitrogen and oxygen atoms in total. The molecule has 1 rings (SSSR count). The number of nitrogens with zero attached hydrogens (tertiary/aromatic N) is 1.